The molecular formula is C17H22N4O2. The van der Waals surface area contributed by atoms with Gasteiger partial charge in [0.25, 0.3) is 5.56 Å². The number of anilines is 1. The number of nitrogens with one attached hydrogen (secondary N) is 2. The Morgan fingerprint density at radius 3 is 2.65 bits per heavy atom. The molecule has 0 saturated carbocycles. The first-order chi connectivity index (χ1) is 11.1. The summed E-state index contributed by atoms with van der Waals surface area (Å²) >= 11 is 0. The fraction of sp³-hybridized carbons (Fsp3) is 0.412. The Morgan fingerprint density at radius 2 is 1.87 bits per heavy atom. The molecule has 1 aromatic heterocycles. The van der Waals surface area contributed by atoms with E-state index in [-0.39, 0.29) is 5.56 Å². The Bertz CT molecular complexity index is 752. The van der Waals surface area contributed by atoms with Crippen molar-refractivity contribution in [1.29, 1.82) is 0 Å². The predicted molar refractivity (Wildman–Crippen MR) is 91.0 cm³/mol. The van der Waals surface area contributed by atoms with E-state index >= 15 is 0 Å². The van der Waals surface area contributed by atoms with Crippen molar-refractivity contribution in [2.75, 3.05) is 31.1 Å². The molecule has 1 fully saturated rings. The van der Waals surface area contributed by atoms with Gasteiger partial charge in [-0.2, -0.15) is 0 Å². The number of hydrogen-bond donors (Lipinski definition) is 2. The van der Waals surface area contributed by atoms with Gasteiger partial charge in [-0.15, -0.1) is 0 Å². The first-order valence-corrected chi connectivity index (χ1v) is 7.97. The van der Waals surface area contributed by atoms with E-state index in [9.17, 15) is 9.59 Å². The molecular weight excluding hydrogens is 292 g/mol. The quantitative estimate of drug-likeness (QED) is 0.889. The number of aryl methyl sites for hydroxylation is 1. The number of nitrogens with zero attached hydrogens (tertiary/aromatic N) is 2. The Labute approximate surface area is 134 Å². The van der Waals surface area contributed by atoms with Gasteiger partial charge in [-0.3, -0.25) is 14.7 Å². The van der Waals surface area contributed by atoms with Gasteiger partial charge in [0.05, 0.1) is 0 Å². The van der Waals surface area contributed by atoms with E-state index in [2.05, 4.69) is 51.0 Å². The van der Waals surface area contributed by atoms with Gasteiger partial charge < -0.3 is 9.88 Å². The maximum atomic E-state index is 11.4. The molecule has 0 amide bonds. The monoisotopic (exact) mass is 314 g/mol. The molecule has 1 aliphatic rings. The minimum atomic E-state index is -0.441. The summed E-state index contributed by atoms with van der Waals surface area (Å²) < 4.78 is 0. The first kappa shape index (κ1) is 15.6. The van der Waals surface area contributed by atoms with Crippen molar-refractivity contribution in [2.45, 2.75) is 19.9 Å². The van der Waals surface area contributed by atoms with Crippen molar-refractivity contribution in [3.8, 4) is 0 Å². The van der Waals surface area contributed by atoms with Gasteiger partial charge in [-0.1, -0.05) is 18.2 Å². The summed E-state index contributed by atoms with van der Waals surface area (Å²) in [5, 5.41) is 0. The highest BCUT2D eigenvalue weighted by molar-refractivity contribution is 5.53. The van der Waals surface area contributed by atoms with Crippen molar-refractivity contribution in [3.05, 3.63) is 62.4 Å². The van der Waals surface area contributed by atoms with Crippen LogP contribution in [0.3, 0.4) is 0 Å². The van der Waals surface area contributed by atoms with E-state index in [0.717, 1.165) is 32.6 Å². The second kappa shape index (κ2) is 6.83. The van der Waals surface area contributed by atoms with Crippen molar-refractivity contribution in [2.24, 2.45) is 0 Å². The SMILES string of the molecule is Cc1ccccc1N1CCCN(Cc2cc(=O)[nH]c(=O)[nH]2)CC1. The lowest BCUT2D eigenvalue weighted by atomic mass is 10.2. The molecule has 6 heteroatoms. The molecule has 0 spiro atoms. The minimum Gasteiger partial charge on any atom is -0.370 e. The number of aromatic amines is 2. The number of hydrogen-bond acceptors (Lipinski definition) is 4. The highest BCUT2D eigenvalue weighted by Crippen LogP contribution is 2.21. The van der Waals surface area contributed by atoms with Crippen LogP contribution in [-0.4, -0.2) is 41.0 Å². The maximum absolute atomic E-state index is 11.4. The second-order valence-corrected chi connectivity index (χ2v) is 6.02. The minimum absolute atomic E-state index is 0.347. The van der Waals surface area contributed by atoms with Crippen LogP contribution in [0, 0.1) is 6.92 Å². The number of rotatable bonds is 3. The lowest BCUT2D eigenvalue weighted by Crippen LogP contribution is -2.32. The third kappa shape index (κ3) is 3.90. The lowest BCUT2D eigenvalue weighted by molar-refractivity contribution is 0.281. The zero-order chi connectivity index (χ0) is 16.2. The molecule has 2 heterocycles. The van der Waals surface area contributed by atoms with Crippen molar-refractivity contribution in [3.63, 3.8) is 0 Å². The van der Waals surface area contributed by atoms with Gasteiger partial charge >= 0.3 is 5.69 Å². The molecule has 0 bridgehead atoms. The number of aromatic nitrogens is 2. The highest BCUT2D eigenvalue weighted by atomic mass is 16.2. The summed E-state index contributed by atoms with van der Waals surface area (Å²) in [6, 6.07) is 9.90. The van der Waals surface area contributed by atoms with Gasteiger partial charge in [0.2, 0.25) is 0 Å². The maximum Gasteiger partial charge on any atom is 0.325 e. The molecule has 2 N–H and O–H groups in total. The zero-order valence-electron chi connectivity index (χ0n) is 13.3. The fourth-order valence-electron chi connectivity index (χ4n) is 3.13. The Morgan fingerprint density at radius 1 is 1.04 bits per heavy atom. The van der Waals surface area contributed by atoms with Gasteiger partial charge in [0.1, 0.15) is 0 Å². The van der Waals surface area contributed by atoms with Gasteiger partial charge in [-0.05, 0) is 25.0 Å². The van der Waals surface area contributed by atoms with Crippen LogP contribution in [0.4, 0.5) is 5.69 Å². The van der Waals surface area contributed by atoms with Crippen LogP contribution in [0.1, 0.15) is 17.7 Å². The van der Waals surface area contributed by atoms with Gasteiger partial charge in [0.15, 0.2) is 0 Å². The van der Waals surface area contributed by atoms with E-state index in [1.165, 1.54) is 17.3 Å². The predicted octanol–water partition coefficient (Wildman–Crippen LogP) is 1.08. The standard InChI is InChI=1S/C17H22N4O2/c1-13-5-2-3-6-15(13)21-8-4-7-20(9-10-21)12-14-11-16(22)19-17(23)18-14/h2-3,5-6,11H,4,7-10,12H2,1H3,(H2,18,19,22,23). The molecule has 0 radical (unpaired) electrons. The molecule has 122 valence electrons. The average Bonchev–Trinajstić information content (AvgIpc) is 2.72. The van der Waals surface area contributed by atoms with Crippen LogP contribution in [0.15, 0.2) is 39.9 Å². The number of para-hydroxylation sites is 1. The number of benzene rings is 1. The lowest BCUT2D eigenvalue weighted by Gasteiger charge is -2.25. The summed E-state index contributed by atoms with van der Waals surface area (Å²) in [7, 11) is 0. The van der Waals surface area contributed by atoms with Crippen LogP contribution >= 0.6 is 0 Å². The van der Waals surface area contributed by atoms with E-state index in [1.807, 2.05) is 0 Å². The molecule has 1 aromatic carbocycles. The van der Waals surface area contributed by atoms with E-state index in [1.54, 1.807) is 0 Å². The van der Waals surface area contributed by atoms with Crippen LogP contribution in [-0.2, 0) is 6.54 Å². The molecule has 6 nitrogen and oxygen atoms in total. The molecule has 0 atom stereocenters. The summed E-state index contributed by atoms with van der Waals surface area (Å²) in [6.07, 6.45) is 1.06. The molecule has 1 saturated heterocycles. The summed E-state index contributed by atoms with van der Waals surface area (Å²) in [5.74, 6) is 0. The summed E-state index contributed by atoms with van der Waals surface area (Å²) in [6.45, 7) is 6.56. The zero-order valence-corrected chi connectivity index (χ0v) is 13.3. The molecule has 3 rings (SSSR count). The van der Waals surface area contributed by atoms with Crippen molar-refractivity contribution in [1.82, 2.24) is 14.9 Å². The average molecular weight is 314 g/mol. The topological polar surface area (TPSA) is 72.2 Å². The molecule has 0 aliphatic carbocycles. The van der Waals surface area contributed by atoms with Crippen LogP contribution < -0.4 is 16.1 Å². The van der Waals surface area contributed by atoms with E-state index in [0.29, 0.717) is 12.2 Å². The molecule has 2 aromatic rings. The largest absolute Gasteiger partial charge is 0.370 e. The van der Waals surface area contributed by atoms with Gasteiger partial charge in [-0.25, -0.2) is 4.79 Å². The van der Waals surface area contributed by atoms with Crippen molar-refractivity contribution >= 4 is 5.69 Å². The second-order valence-electron chi connectivity index (χ2n) is 6.02. The van der Waals surface area contributed by atoms with Crippen LogP contribution in [0.2, 0.25) is 0 Å². The third-order valence-electron chi connectivity index (χ3n) is 4.25. The summed E-state index contributed by atoms with van der Waals surface area (Å²) in [5.41, 5.74) is 2.46. The van der Waals surface area contributed by atoms with Crippen LogP contribution in [0.5, 0.6) is 0 Å². The van der Waals surface area contributed by atoms with Gasteiger partial charge in [0, 0.05) is 50.2 Å². The van der Waals surface area contributed by atoms with E-state index in [4.69, 9.17) is 0 Å². The summed E-state index contributed by atoms with van der Waals surface area (Å²) in [4.78, 5) is 32.3. The highest BCUT2D eigenvalue weighted by Gasteiger charge is 2.16. The molecule has 1 aliphatic heterocycles. The molecule has 0 unspecified atom stereocenters. The van der Waals surface area contributed by atoms with E-state index < -0.39 is 5.69 Å². The molecule has 23 heavy (non-hydrogen) atoms. The smallest absolute Gasteiger partial charge is 0.325 e. The third-order valence-corrected chi connectivity index (χ3v) is 4.25. The fourth-order valence-corrected chi connectivity index (χ4v) is 3.13. The van der Waals surface area contributed by atoms with Crippen molar-refractivity contribution < 1.29 is 0 Å². The normalized spacial score (nSPS) is 16.3. The Balaban J connectivity index is 1.68. The van der Waals surface area contributed by atoms with Crippen LogP contribution in [0.25, 0.3) is 0 Å². The Kier molecular flexibility index (Phi) is 4.62. The Hall–Kier alpha value is -2.34. The first-order valence-electron chi connectivity index (χ1n) is 7.97. The number of H-pyrrole nitrogens is 2.